The molecule has 0 spiro atoms. The standard InChI is InChI=1S/C17H25BrN2O2/c1-19-9-5-14-6-10-20(11-7-14)17(21)8-12-22-16-4-2-3-15(18)13-16/h2-4,13-14,19H,5-12H2,1H3. The number of benzene rings is 1. The molecule has 0 aliphatic carbocycles. The van der Waals surface area contributed by atoms with E-state index in [0.717, 1.165) is 48.6 Å². The lowest BCUT2D eigenvalue weighted by Crippen LogP contribution is -2.39. The normalized spacial score (nSPS) is 15.8. The zero-order valence-electron chi connectivity index (χ0n) is 13.2. The highest BCUT2D eigenvalue weighted by atomic mass is 79.9. The number of piperidine rings is 1. The molecule has 1 N–H and O–H groups in total. The summed E-state index contributed by atoms with van der Waals surface area (Å²) >= 11 is 3.41. The Labute approximate surface area is 141 Å². The van der Waals surface area contributed by atoms with E-state index >= 15 is 0 Å². The fourth-order valence-corrected chi connectivity index (χ4v) is 3.17. The zero-order valence-corrected chi connectivity index (χ0v) is 14.8. The predicted octanol–water partition coefficient (Wildman–Crippen LogP) is 3.07. The van der Waals surface area contributed by atoms with Crippen LogP contribution < -0.4 is 10.1 Å². The summed E-state index contributed by atoms with van der Waals surface area (Å²) in [6, 6.07) is 7.70. The molecule has 0 saturated carbocycles. The number of hydrogen-bond donors (Lipinski definition) is 1. The zero-order chi connectivity index (χ0) is 15.8. The first-order valence-electron chi connectivity index (χ1n) is 8.00. The number of carbonyl (C=O) groups is 1. The van der Waals surface area contributed by atoms with E-state index in [1.807, 2.05) is 36.2 Å². The topological polar surface area (TPSA) is 41.6 Å². The van der Waals surface area contributed by atoms with Crippen molar-refractivity contribution in [3.63, 3.8) is 0 Å². The molecule has 1 saturated heterocycles. The number of amides is 1. The Hall–Kier alpha value is -1.07. The molecule has 1 heterocycles. The molecule has 22 heavy (non-hydrogen) atoms. The van der Waals surface area contributed by atoms with Crippen molar-refractivity contribution >= 4 is 21.8 Å². The first kappa shape index (κ1) is 17.3. The SMILES string of the molecule is CNCCC1CCN(C(=O)CCOc2cccc(Br)c2)CC1. The lowest BCUT2D eigenvalue weighted by Gasteiger charge is -2.32. The molecule has 1 aromatic carbocycles. The Kier molecular flexibility index (Phi) is 7.19. The summed E-state index contributed by atoms with van der Waals surface area (Å²) in [5.41, 5.74) is 0. The van der Waals surface area contributed by atoms with E-state index in [9.17, 15) is 4.79 Å². The van der Waals surface area contributed by atoms with Crippen LogP contribution in [0.2, 0.25) is 0 Å². The van der Waals surface area contributed by atoms with Gasteiger partial charge >= 0.3 is 0 Å². The Balaban J connectivity index is 1.66. The Morgan fingerprint density at radius 1 is 1.41 bits per heavy atom. The molecular weight excluding hydrogens is 344 g/mol. The summed E-state index contributed by atoms with van der Waals surface area (Å²) in [5, 5.41) is 3.20. The third kappa shape index (κ3) is 5.61. The smallest absolute Gasteiger partial charge is 0.225 e. The molecule has 0 aromatic heterocycles. The highest BCUT2D eigenvalue weighted by Gasteiger charge is 2.22. The summed E-state index contributed by atoms with van der Waals surface area (Å²) in [7, 11) is 1.99. The van der Waals surface area contributed by atoms with E-state index in [2.05, 4.69) is 21.2 Å². The Bertz CT molecular complexity index is 473. The quantitative estimate of drug-likeness (QED) is 0.803. The molecule has 0 bridgehead atoms. The van der Waals surface area contributed by atoms with Crippen LogP contribution in [0.5, 0.6) is 5.75 Å². The van der Waals surface area contributed by atoms with Gasteiger partial charge in [0.1, 0.15) is 5.75 Å². The third-order valence-electron chi connectivity index (χ3n) is 4.15. The van der Waals surface area contributed by atoms with Crippen LogP contribution in [-0.4, -0.2) is 44.1 Å². The Morgan fingerprint density at radius 3 is 2.86 bits per heavy atom. The molecule has 4 nitrogen and oxygen atoms in total. The first-order chi connectivity index (χ1) is 10.7. The van der Waals surface area contributed by atoms with Gasteiger partial charge in [-0.1, -0.05) is 22.0 Å². The number of halogens is 1. The number of ether oxygens (including phenoxy) is 1. The summed E-state index contributed by atoms with van der Waals surface area (Å²) in [5.74, 6) is 1.77. The van der Waals surface area contributed by atoms with E-state index in [0.29, 0.717) is 13.0 Å². The van der Waals surface area contributed by atoms with Gasteiger partial charge in [-0.15, -0.1) is 0 Å². The van der Waals surface area contributed by atoms with Crippen LogP contribution in [0.3, 0.4) is 0 Å². The fraction of sp³-hybridized carbons (Fsp3) is 0.588. The van der Waals surface area contributed by atoms with Gasteiger partial charge < -0.3 is 15.0 Å². The van der Waals surface area contributed by atoms with Crippen molar-refractivity contribution in [3.05, 3.63) is 28.7 Å². The van der Waals surface area contributed by atoms with Gasteiger partial charge in [0.05, 0.1) is 13.0 Å². The minimum absolute atomic E-state index is 0.210. The van der Waals surface area contributed by atoms with Crippen LogP contribution in [0.15, 0.2) is 28.7 Å². The molecule has 1 aromatic rings. The summed E-state index contributed by atoms with van der Waals surface area (Å²) in [4.78, 5) is 14.2. The molecule has 1 fully saturated rings. The Morgan fingerprint density at radius 2 is 2.18 bits per heavy atom. The van der Waals surface area contributed by atoms with Gasteiger partial charge in [-0.25, -0.2) is 0 Å². The van der Waals surface area contributed by atoms with Crippen molar-refractivity contribution in [2.45, 2.75) is 25.7 Å². The van der Waals surface area contributed by atoms with E-state index in [1.54, 1.807) is 0 Å². The van der Waals surface area contributed by atoms with Gasteiger partial charge in [0.2, 0.25) is 5.91 Å². The average Bonchev–Trinajstić information content (AvgIpc) is 2.53. The highest BCUT2D eigenvalue weighted by molar-refractivity contribution is 9.10. The summed E-state index contributed by atoms with van der Waals surface area (Å²) in [6.07, 6.45) is 3.91. The van der Waals surface area contributed by atoms with Gasteiger partial charge in [0.25, 0.3) is 0 Å². The van der Waals surface area contributed by atoms with Gasteiger partial charge in [0, 0.05) is 17.6 Å². The van der Waals surface area contributed by atoms with Crippen molar-refractivity contribution in [1.29, 1.82) is 0 Å². The van der Waals surface area contributed by atoms with Crippen LogP contribution in [0.25, 0.3) is 0 Å². The number of nitrogens with zero attached hydrogens (tertiary/aromatic N) is 1. The fourth-order valence-electron chi connectivity index (χ4n) is 2.79. The second-order valence-electron chi connectivity index (χ2n) is 5.77. The van der Waals surface area contributed by atoms with Crippen LogP contribution in [-0.2, 0) is 4.79 Å². The summed E-state index contributed by atoms with van der Waals surface area (Å²) in [6.45, 7) is 3.29. The number of carbonyl (C=O) groups excluding carboxylic acids is 1. The predicted molar refractivity (Wildman–Crippen MR) is 92.1 cm³/mol. The molecule has 0 atom stereocenters. The lowest BCUT2D eigenvalue weighted by molar-refractivity contribution is -0.133. The molecular formula is C17H25BrN2O2. The second-order valence-corrected chi connectivity index (χ2v) is 6.69. The van der Waals surface area contributed by atoms with E-state index in [1.165, 1.54) is 6.42 Å². The maximum absolute atomic E-state index is 12.2. The van der Waals surface area contributed by atoms with Gasteiger partial charge in [-0.2, -0.15) is 0 Å². The maximum atomic E-state index is 12.2. The van der Waals surface area contributed by atoms with Crippen molar-refractivity contribution < 1.29 is 9.53 Å². The number of rotatable bonds is 7. The van der Waals surface area contributed by atoms with E-state index < -0.39 is 0 Å². The average molecular weight is 369 g/mol. The highest BCUT2D eigenvalue weighted by Crippen LogP contribution is 2.21. The molecule has 122 valence electrons. The van der Waals surface area contributed by atoms with Crippen molar-refractivity contribution in [1.82, 2.24) is 10.2 Å². The van der Waals surface area contributed by atoms with Crippen molar-refractivity contribution in [2.24, 2.45) is 5.92 Å². The van der Waals surface area contributed by atoms with Gasteiger partial charge in [-0.3, -0.25) is 4.79 Å². The molecule has 2 rings (SSSR count). The van der Waals surface area contributed by atoms with Crippen LogP contribution in [0, 0.1) is 5.92 Å². The second kappa shape index (κ2) is 9.16. The number of nitrogens with one attached hydrogen (secondary N) is 1. The summed E-state index contributed by atoms with van der Waals surface area (Å²) < 4.78 is 6.62. The van der Waals surface area contributed by atoms with Crippen molar-refractivity contribution in [2.75, 3.05) is 33.3 Å². The first-order valence-corrected chi connectivity index (χ1v) is 8.79. The van der Waals surface area contributed by atoms with E-state index in [-0.39, 0.29) is 5.91 Å². The maximum Gasteiger partial charge on any atom is 0.225 e. The van der Waals surface area contributed by atoms with E-state index in [4.69, 9.17) is 4.74 Å². The van der Waals surface area contributed by atoms with Crippen LogP contribution in [0.1, 0.15) is 25.7 Å². The number of likely N-dealkylation sites (tertiary alicyclic amines) is 1. The minimum atomic E-state index is 0.210. The number of hydrogen-bond acceptors (Lipinski definition) is 3. The van der Waals surface area contributed by atoms with Crippen molar-refractivity contribution in [3.8, 4) is 5.75 Å². The molecule has 5 heteroatoms. The minimum Gasteiger partial charge on any atom is -0.493 e. The lowest BCUT2D eigenvalue weighted by atomic mass is 9.93. The molecule has 0 unspecified atom stereocenters. The monoisotopic (exact) mass is 368 g/mol. The van der Waals surface area contributed by atoms with Gasteiger partial charge in [0.15, 0.2) is 0 Å². The molecule has 1 amide bonds. The largest absolute Gasteiger partial charge is 0.493 e. The van der Waals surface area contributed by atoms with Gasteiger partial charge in [-0.05, 0) is 57.0 Å². The van der Waals surface area contributed by atoms with Crippen LogP contribution in [0.4, 0.5) is 0 Å². The van der Waals surface area contributed by atoms with Crippen LogP contribution >= 0.6 is 15.9 Å². The third-order valence-corrected chi connectivity index (χ3v) is 4.64. The molecule has 0 radical (unpaired) electrons. The molecule has 1 aliphatic heterocycles. The molecule has 1 aliphatic rings.